The molecule has 0 saturated heterocycles. The Kier molecular flexibility index (Phi) is 9.61. The molecule has 0 aromatic heterocycles. The summed E-state index contributed by atoms with van der Waals surface area (Å²) in [5.41, 5.74) is 3.37. The second-order valence-electron chi connectivity index (χ2n) is 7.71. The molecule has 0 spiro atoms. The lowest BCUT2D eigenvalue weighted by Crippen LogP contribution is -2.33. The average molecular weight is 400 g/mol. The van der Waals surface area contributed by atoms with Crippen LogP contribution < -0.4 is 10.6 Å². The topological polar surface area (TPSA) is 90.8 Å². The monoisotopic (exact) mass is 400 g/mol. The summed E-state index contributed by atoms with van der Waals surface area (Å²) >= 11 is 0. The number of Topliss-reactive ketones (excluding diaryl/α,β-unsaturated/α-hetero) is 1. The summed E-state index contributed by atoms with van der Waals surface area (Å²) in [6.07, 6.45) is 5.67. The van der Waals surface area contributed by atoms with E-state index in [0.29, 0.717) is 19.3 Å². The molecule has 7 heteroatoms. The molecule has 1 aliphatic rings. The van der Waals surface area contributed by atoms with Crippen molar-refractivity contribution in [2.24, 2.45) is 0 Å². The van der Waals surface area contributed by atoms with Crippen molar-refractivity contribution in [1.82, 2.24) is 10.6 Å². The molecule has 2 rings (SSSR count). The van der Waals surface area contributed by atoms with Crippen molar-refractivity contribution in [3.63, 3.8) is 0 Å². The highest BCUT2D eigenvalue weighted by Crippen LogP contribution is 2.27. The minimum Gasteiger partial charge on any atom is -0.513 e. The first-order chi connectivity index (χ1) is 13.9. The second kappa shape index (κ2) is 11.9. The van der Waals surface area contributed by atoms with E-state index in [1.165, 1.54) is 11.1 Å². The smallest absolute Gasteiger partial charge is 0.458 e. The van der Waals surface area contributed by atoms with Crippen molar-refractivity contribution in [1.29, 1.82) is 0 Å². The lowest BCUT2D eigenvalue weighted by Gasteiger charge is -2.25. The number of carbonyl (C=O) groups excluding carboxylic acids is 1. The Bertz CT molecular complexity index is 723. The van der Waals surface area contributed by atoms with E-state index in [-0.39, 0.29) is 36.3 Å². The summed E-state index contributed by atoms with van der Waals surface area (Å²) in [5, 5.41) is 26.2. The van der Waals surface area contributed by atoms with Crippen LogP contribution in [-0.4, -0.2) is 43.2 Å². The minimum absolute atomic E-state index is 0.0305. The molecule has 1 aromatic carbocycles. The zero-order chi connectivity index (χ0) is 21.2. The van der Waals surface area contributed by atoms with E-state index in [2.05, 4.69) is 29.3 Å². The van der Waals surface area contributed by atoms with Crippen LogP contribution in [0.25, 0.3) is 0 Å². The lowest BCUT2D eigenvalue weighted by atomic mass is 9.66. The van der Waals surface area contributed by atoms with E-state index in [1.54, 1.807) is 0 Å². The van der Waals surface area contributed by atoms with Gasteiger partial charge in [0.1, 0.15) is 5.78 Å². The van der Waals surface area contributed by atoms with Crippen molar-refractivity contribution in [3.05, 3.63) is 59.4 Å². The fraction of sp³-hybridized carbons (Fsp3) is 0.500. The zero-order valence-electron chi connectivity index (χ0n) is 17.5. The second-order valence-corrected chi connectivity index (χ2v) is 7.71. The highest BCUT2D eigenvalue weighted by molar-refractivity contribution is 6.45. The van der Waals surface area contributed by atoms with Crippen LogP contribution in [0.15, 0.2) is 42.7 Å². The van der Waals surface area contributed by atoms with Crippen molar-refractivity contribution in [2.45, 2.75) is 57.1 Å². The first-order valence-electron chi connectivity index (χ1n) is 10.2. The Morgan fingerprint density at radius 1 is 1.17 bits per heavy atom. The fourth-order valence-electron chi connectivity index (χ4n) is 3.68. The van der Waals surface area contributed by atoms with Gasteiger partial charge in [-0.15, -0.1) is 0 Å². The minimum atomic E-state index is -1.04. The van der Waals surface area contributed by atoms with Gasteiger partial charge in [-0.1, -0.05) is 36.9 Å². The average Bonchev–Trinajstić information content (AvgIpc) is 2.64. The maximum atomic E-state index is 12.7. The Labute approximate surface area is 174 Å². The molecule has 0 radical (unpaired) electrons. The third-order valence-electron chi connectivity index (χ3n) is 5.10. The molecule has 4 N–H and O–H groups in total. The molecule has 0 bridgehead atoms. The van der Waals surface area contributed by atoms with Crippen molar-refractivity contribution in [2.75, 3.05) is 14.1 Å². The molecular formula is C22H33BN2O4. The van der Waals surface area contributed by atoms with Crippen molar-refractivity contribution < 1.29 is 19.6 Å². The lowest BCUT2D eigenvalue weighted by molar-refractivity contribution is -0.118. The van der Waals surface area contributed by atoms with Crippen LogP contribution in [0.3, 0.4) is 0 Å². The quantitative estimate of drug-likeness (QED) is 0.274. The van der Waals surface area contributed by atoms with Gasteiger partial charge in [-0.2, -0.15) is 0 Å². The van der Waals surface area contributed by atoms with Gasteiger partial charge in [0.15, 0.2) is 0 Å². The van der Waals surface area contributed by atoms with Gasteiger partial charge in [0.25, 0.3) is 0 Å². The van der Waals surface area contributed by atoms with E-state index < -0.39 is 7.12 Å². The van der Waals surface area contributed by atoms with Gasteiger partial charge >= 0.3 is 7.12 Å². The number of aliphatic hydroxyl groups excluding tert-OH is 1. The molecule has 1 heterocycles. The van der Waals surface area contributed by atoms with Crippen LogP contribution >= 0.6 is 0 Å². The maximum absolute atomic E-state index is 12.7. The number of benzene rings is 1. The number of carbonyl (C=O) groups is 1. The van der Waals surface area contributed by atoms with Gasteiger partial charge in [0.05, 0.1) is 11.9 Å². The molecule has 0 fully saturated rings. The summed E-state index contributed by atoms with van der Waals surface area (Å²) in [5.74, 6) is -0.191. The summed E-state index contributed by atoms with van der Waals surface area (Å²) in [6.45, 7) is 5.02. The van der Waals surface area contributed by atoms with Crippen LogP contribution in [0, 0.1) is 0 Å². The predicted octanol–water partition coefficient (Wildman–Crippen LogP) is 2.67. The molecule has 0 aliphatic carbocycles. The summed E-state index contributed by atoms with van der Waals surface area (Å²) in [4.78, 5) is 12.7. The molecule has 1 aromatic rings. The fourth-order valence-corrected chi connectivity index (χ4v) is 3.68. The van der Waals surface area contributed by atoms with E-state index in [0.717, 1.165) is 18.7 Å². The van der Waals surface area contributed by atoms with E-state index >= 15 is 0 Å². The standard InChI is InChI=1S/C22H33BN2O4/c1-16(26)10-22-7-5-4-6-20(23(28)29-22)13-21(27)12-17-8-9-18(14-24-2)19(11-17)15-25-3/h4-5,8-9,11,20,22,24-26,28H,1,6-7,10,12-15H2,2-3H3/b5-4-/t20-,22-/m1/s1. The zero-order valence-corrected chi connectivity index (χ0v) is 17.5. The van der Waals surface area contributed by atoms with Gasteiger partial charge in [0, 0.05) is 38.2 Å². The van der Waals surface area contributed by atoms with Gasteiger partial charge in [-0.3, -0.25) is 4.79 Å². The molecule has 158 valence electrons. The number of nitrogens with one attached hydrogen (secondary N) is 2. The van der Waals surface area contributed by atoms with E-state index in [1.807, 2.05) is 32.3 Å². The first-order valence-corrected chi connectivity index (χ1v) is 10.2. The highest BCUT2D eigenvalue weighted by atomic mass is 16.5. The van der Waals surface area contributed by atoms with Gasteiger partial charge in [-0.25, -0.2) is 0 Å². The third kappa shape index (κ3) is 7.78. The summed E-state index contributed by atoms with van der Waals surface area (Å²) < 4.78 is 5.68. The molecule has 0 amide bonds. The molecule has 0 unspecified atom stereocenters. The number of rotatable bonds is 10. The van der Waals surface area contributed by atoms with E-state index in [4.69, 9.17) is 4.65 Å². The van der Waals surface area contributed by atoms with Gasteiger partial charge in [-0.05, 0) is 43.6 Å². The number of hydrogen-bond acceptors (Lipinski definition) is 6. The normalized spacial score (nSPS) is 20.7. The molecule has 2 atom stereocenters. The Balaban J connectivity index is 2.00. The van der Waals surface area contributed by atoms with Crippen LogP contribution in [0.1, 0.15) is 42.4 Å². The van der Waals surface area contributed by atoms with Crippen LogP contribution in [-0.2, 0) is 29.0 Å². The van der Waals surface area contributed by atoms with Crippen molar-refractivity contribution in [3.8, 4) is 0 Å². The Morgan fingerprint density at radius 3 is 2.55 bits per heavy atom. The Morgan fingerprint density at radius 2 is 1.86 bits per heavy atom. The van der Waals surface area contributed by atoms with Gasteiger partial charge in [0.2, 0.25) is 0 Å². The summed E-state index contributed by atoms with van der Waals surface area (Å²) in [7, 11) is 2.79. The number of hydrogen-bond donors (Lipinski definition) is 4. The molecular weight excluding hydrogens is 367 g/mol. The number of allylic oxidation sites excluding steroid dienone is 1. The first kappa shape index (κ1) is 23.4. The van der Waals surface area contributed by atoms with Crippen LogP contribution in [0.4, 0.5) is 0 Å². The van der Waals surface area contributed by atoms with Crippen LogP contribution in [0.2, 0.25) is 5.82 Å². The summed E-state index contributed by atoms with van der Waals surface area (Å²) in [6, 6.07) is 6.14. The molecule has 29 heavy (non-hydrogen) atoms. The van der Waals surface area contributed by atoms with Crippen LogP contribution in [0.5, 0.6) is 0 Å². The number of ketones is 1. The number of aliphatic hydroxyl groups is 1. The van der Waals surface area contributed by atoms with Gasteiger partial charge < -0.3 is 25.4 Å². The SMILES string of the molecule is C=C(O)C[C@H]1C/C=C\C[C@H](CC(=O)Cc2ccc(CNC)c(CNC)c2)B(O)O1. The maximum Gasteiger partial charge on any atom is 0.458 e. The predicted molar refractivity (Wildman–Crippen MR) is 117 cm³/mol. The molecule has 6 nitrogen and oxygen atoms in total. The largest absolute Gasteiger partial charge is 0.513 e. The third-order valence-corrected chi connectivity index (χ3v) is 5.10. The molecule has 0 saturated carbocycles. The Hall–Kier alpha value is -1.93. The molecule has 1 aliphatic heterocycles. The van der Waals surface area contributed by atoms with E-state index in [9.17, 15) is 14.9 Å². The van der Waals surface area contributed by atoms with Crippen molar-refractivity contribution >= 4 is 12.9 Å². The highest BCUT2D eigenvalue weighted by Gasteiger charge is 2.31.